The Kier molecular flexibility index (Phi) is 11.7. The summed E-state index contributed by atoms with van der Waals surface area (Å²) in [5.74, 6) is -0.499. The molecule has 0 saturated carbocycles. The van der Waals surface area contributed by atoms with Crippen molar-refractivity contribution in [3.05, 3.63) is 47.5 Å². The van der Waals surface area contributed by atoms with Crippen LogP contribution in [0.25, 0.3) is 0 Å². The van der Waals surface area contributed by atoms with Crippen molar-refractivity contribution in [1.82, 2.24) is 4.90 Å². The molecule has 0 aliphatic heterocycles. The van der Waals surface area contributed by atoms with Gasteiger partial charge in [0.25, 0.3) is 15.9 Å². The fourth-order valence-electron chi connectivity index (χ4n) is 4.09. The van der Waals surface area contributed by atoms with Gasteiger partial charge in [-0.3, -0.25) is 9.52 Å². The smallest absolute Gasteiger partial charge is 0.316 e. The molecule has 0 aromatic heterocycles. The number of rotatable bonds is 15. The molecule has 0 aliphatic carbocycles. The Labute approximate surface area is 220 Å². The van der Waals surface area contributed by atoms with Gasteiger partial charge in [0.15, 0.2) is 0 Å². The van der Waals surface area contributed by atoms with Gasteiger partial charge in [-0.25, -0.2) is 13.2 Å². The van der Waals surface area contributed by atoms with Crippen molar-refractivity contribution in [2.45, 2.75) is 77.0 Å². The SMILES string of the molecule is CCCCCCN(CCCCCC)C(=O)c1cc(NS(=O)(=O)c2ccccc2NC(N)=O)cc(C)c1O. The first-order chi connectivity index (χ1) is 17.6. The van der Waals surface area contributed by atoms with Crippen LogP contribution < -0.4 is 15.8 Å². The van der Waals surface area contributed by atoms with Crippen LogP contribution >= 0.6 is 0 Å². The molecule has 0 spiro atoms. The third-order valence-electron chi connectivity index (χ3n) is 6.07. The molecule has 3 amide bonds. The largest absolute Gasteiger partial charge is 0.507 e. The molecular weight excluding hydrogens is 492 g/mol. The second kappa shape index (κ2) is 14.5. The normalized spacial score (nSPS) is 11.2. The molecule has 0 aliphatic rings. The van der Waals surface area contributed by atoms with Gasteiger partial charge in [0, 0.05) is 13.1 Å². The van der Waals surface area contributed by atoms with Crippen LogP contribution in [0.2, 0.25) is 0 Å². The average Bonchev–Trinajstić information content (AvgIpc) is 2.84. The molecule has 204 valence electrons. The quantitative estimate of drug-likeness (QED) is 0.175. The summed E-state index contributed by atoms with van der Waals surface area (Å²) in [7, 11) is -4.15. The number of phenols is 1. The molecule has 0 bridgehead atoms. The number of anilines is 2. The second-order valence-corrected chi connectivity index (χ2v) is 10.8. The number of urea groups is 1. The monoisotopic (exact) mass is 532 g/mol. The Morgan fingerprint density at radius 1 is 0.946 bits per heavy atom. The average molecular weight is 533 g/mol. The summed E-state index contributed by atoms with van der Waals surface area (Å²) in [5.41, 5.74) is 5.74. The van der Waals surface area contributed by atoms with E-state index in [1.165, 1.54) is 30.3 Å². The topological polar surface area (TPSA) is 142 Å². The van der Waals surface area contributed by atoms with Gasteiger partial charge in [0.1, 0.15) is 10.6 Å². The zero-order valence-electron chi connectivity index (χ0n) is 22.0. The summed E-state index contributed by atoms with van der Waals surface area (Å²) in [6, 6.07) is 7.77. The first kappa shape index (κ1) is 30.0. The minimum absolute atomic E-state index is 0.0274. The molecule has 2 rings (SSSR count). The van der Waals surface area contributed by atoms with E-state index in [0.717, 1.165) is 51.4 Å². The van der Waals surface area contributed by atoms with Crippen molar-refractivity contribution in [2.75, 3.05) is 23.1 Å². The predicted molar refractivity (Wildman–Crippen MR) is 147 cm³/mol. The minimum Gasteiger partial charge on any atom is -0.507 e. The Balaban J connectivity index is 2.34. The van der Waals surface area contributed by atoms with Gasteiger partial charge in [-0.05, 0) is 49.6 Å². The molecule has 0 heterocycles. The first-order valence-electron chi connectivity index (χ1n) is 12.9. The van der Waals surface area contributed by atoms with E-state index in [1.807, 2.05) is 0 Å². The summed E-state index contributed by atoms with van der Waals surface area (Å²) >= 11 is 0. The van der Waals surface area contributed by atoms with Crippen molar-refractivity contribution in [2.24, 2.45) is 5.73 Å². The maximum absolute atomic E-state index is 13.5. The van der Waals surface area contributed by atoms with E-state index in [1.54, 1.807) is 17.9 Å². The number of hydrogen-bond acceptors (Lipinski definition) is 5. The van der Waals surface area contributed by atoms with Crippen LogP contribution in [-0.4, -0.2) is 43.5 Å². The van der Waals surface area contributed by atoms with Crippen LogP contribution in [0.3, 0.4) is 0 Å². The minimum atomic E-state index is -4.15. The highest BCUT2D eigenvalue weighted by Crippen LogP contribution is 2.30. The van der Waals surface area contributed by atoms with E-state index >= 15 is 0 Å². The fraction of sp³-hybridized carbons (Fsp3) is 0.481. The van der Waals surface area contributed by atoms with E-state index in [4.69, 9.17) is 5.73 Å². The lowest BCUT2D eigenvalue weighted by atomic mass is 10.1. The van der Waals surface area contributed by atoms with E-state index in [0.29, 0.717) is 18.7 Å². The summed E-state index contributed by atoms with van der Waals surface area (Å²) in [4.78, 5) is 26.4. The highest BCUT2D eigenvalue weighted by atomic mass is 32.2. The molecule has 0 unspecified atom stereocenters. The Bertz CT molecular complexity index is 1160. The summed E-state index contributed by atoms with van der Waals surface area (Å²) < 4.78 is 28.8. The van der Waals surface area contributed by atoms with Gasteiger partial charge in [0.2, 0.25) is 0 Å². The number of carbonyl (C=O) groups excluding carboxylic acids is 2. The number of primary amides is 1. The number of nitrogens with two attached hydrogens (primary N) is 1. The lowest BCUT2D eigenvalue weighted by Gasteiger charge is -2.24. The summed E-state index contributed by atoms with van der Waals surface area (Å²) in [5, 5.41) is 13.0. The molecule has 0 atom stereocenters. The van der Waals surface area contributed by atoms with Gasteiger partial charge < -0.3 is 21.1 Å². The number of unbranched alkanes of at least 4 members (excludes halogenated alkanes) is 6. The molecule has 0 fully saturated rings. The summed E-state index contributed by atoms with van der Waals surface area (Å²) in [6.07, 6.45) is 8.11. The number of nitrogens with zero attached hydrogens (tertiary/aromatic N) is 1. The molecule has 5 N–H and O–H groups in total. The molecule has 0 saturated heterocycles. The van der Waals surface area contributed by atoms with Gasteiger partial charge in [-0.2, -0.15) is 0 Å². The van der Waals surface area contributed by atoms with E-state index in [-0.39, 0.29) is 33.5 Å². The van der Waals surface area contributed by atoms with Crippen molar-refractivity contribution in [1.29, 1.82) is 0 Å². The third-order valence-corrected chi connectivity index (χ3v) is 7.51. The molecule has 10 heteroatoms. The van der Waals surface area contributed by atoms with Crippen LogP contribution in [0.4, 0.5) is 16.2 Å². The highest BCUT2D eigenvalue weighted by molar-refractivity contribution is 7.92. The molecule has 37 heavy (non-hydrogen) atoms. The van der Waals surface area contributed by atoms with Crippen LogP contribution in [0, 0.1) is 6.92 Å². The zero-order valence-corrected chi connectivity index (χ0v) is 22.9. The highest BCUT2D eigenvalue weighted by Gasteiger charge is 2.24. The molecule has 0 radical (unpaired) electrons. The number of nitrogens with one attached hydrogen (secondary N) is 2. The van der Waals surface area contributed by atoms with E-state index in [9.17, 15) is 23.1 Å². The Morgan fingerprint density at radius 2 is 1.54 bits per heavy atom. The number of phenolic OH excluding ortho intramolecular Hbond substituents is 1. The van der Waals surface area contributed by atoms with Gasteiger partial charge >= 0.3 is 6.03 Å². The Morgan fingerprint density at radius 3 is 2.11 bits per heavy atom. The van der Waals surface area contributed by atoms with Crippen molar-refractivity contribution in [3.8, 4) is 5.75 Å². The van der Waals surface area contributed by atoms with E-state index in [2.05, 4.69) is 23.9 Å². The maximum Gasteiger partial charge on any atom is 0.316 e. The summed E-state index contributed by atoms with van der Waals surface area (Å²) in [6.45, 7) is 7.02. The number of carbonyl (C=O) groups is 2. The van der Waals surface area contributed by atoms with Crippen LogP contribution in [0.1, 0.15) is 81.1 Å². The van der Waals surface area contributed by atoms with Crippen molar-refractivity contribution < 1.29 is 23.1 Å². The lowest BCUT2D eigenvalue weighted by Crippen LogP contribution is -2.33. The van der Waals surface area contributed by atoms with Crippen molar-refractivity contribution in [3.63, 3.8) is 0 Å². The second-order valence-electron chi connectivity index (χ2n) is 9.19. The fourth-order valence-corrected chi connectivity index (χ4v) is 5.30. The van der Waals surface area contributed by atoms with Crippen molar-refractivity contribution >= 4 is 33.3 Å². The molecule has 2 aromatic rings. The molecule has 9 nitrogen and oxygen atoms in total. The van der Waals surface area contributed by atoms with Gasteiger partial charge in [0.05, 0.1) is 16.9 Å². The Hall–Kier alpha value is -3.27. The number of amides is 3. The number of para-hydroxylation sites is 1. The molecular formula is C27H40N4O5S. The number of sulfonamides is 1. The number of hydrogen-bond donors (Lipinski definition) is 4. The first-order valence-corrected chi connectivity index (χ1v) is 14.4. The van der Waals surface area contributed by atoms with Crippen LogP contribution in [0.5, 0.6) is 5.75 Å². The number of aryl methyl sites for hydroxylation is 1. The number of benzene rings is 2. The standard InChI is InChI=1S/C27H40N4O5S/c1-4-6-8-12-16-31(17-13-9-7-5-2)26(33)22-19-21(18-20(3)25(22)32)30-37(35,36)24-15-11-10-14-23(24)29-27(28)34/h10-11,14-15,18-19,30,32H,4-9,12-13,16-17H2,1-3H3,(H3,28,29,34). The number of aromatic hydroxyl groups is 1. The van der Waals surface area contributed by atoms with Gasteiger partial charge in [-0.15, -0.1) is 0 Å². The predicted octanol–water partition coefficient (Wildman–Crippen LogP) is 5.59. The van der Waals surface area contributed by atoms with E-state index < -0.39 is 16.1 Å². The lowest BCUT2D eigenvalue weighted by molar-refractivity contribution is 0.0746. The van der Waals surface area contributed by atoms with Gasteiger partial charge in [-0.1, -0.05) is 64.5 Å². The van der Waals surface area contributed by atoms with Crippen LogP contribution in [0.15, 0.2) is 41.3 Å². The molecule has 2 aromatic carbocycles. The van der Waals surface area contributed by atoms with Crippen LogP contribution in [-0.2, 0) is 10.0 Å². The maximum atomic E-state index is 13.5. The third kappa shape index (κ3) is 8.96. The zero-order chi connectivity index (χ0) is 27.4.